The molecule has 1 aromatic carbocycles. The second-order valence-electron chi connectivity index (χ2n) is 4.80. The summed E-state index contributed by atoms with van der Waals surface area (Å²) < 4.78 is 0. The van der Waals surface area contributed by atoms with Crippen LogP contribution in [0, 0.1) is 0 Å². The summed E-state index contributed by atoms with van der Waals surface area (Å²) in [6.45, 7) is 1.19. The van der Waals surface area contributed by atoms with Gasteiger partial charge >= 0.3 is 0 Å². The van der Waals surface area contributed by atoms with E-state index in [1.807, 2.05) is 6.07 Å². The summed E-state index contributed by atoms with van der Waals surface area (Å²) in [6, 6.07) is 4.95. The van der Waals surface area contributed by atoms with Gasteiger partial charge in [0.15, 0.2) is 0 Å². The second-order valence-corrected chi connectivity index (χ2v) is 4.80. The number of carbonyl (C=O) groups is 2. The fourth-order valence-corrected chi connectivity index (χ4v) is 2.67. The molecule has 2 aliphatic heterocycles. The first kappa shape index (κ1) is 11.1. The van der Waals surface area contributed by atoms with Crippen LogP contribution in [0.1, 0.15) is 28.8 Å². The summed E-state index contributed by atoms with van der Waals surface area (Å²) in [4.78, 5) is 25.7. The number of hydrogen-bond acceptors (Lipinski definition) is 3. The lowest BCUT2D eigenvalue weighted by Crippen LogP contribution is -2.50. The third-order valence-corrected chi connectivity index (χ3v) is 3.59. The van der Waals surface area contributed by atoms with Crippen LogP contribution in [0.5, 0.6) is 0 Å². The molecule has 1 saturated heterocycles. The summed E-state index contributed by atoms with van der Waals surface area (Å²) in [5, 5.41) is 2.81. The zero-order valence-corrected chi connectivity index (χ0v) is 9.98. The molecule has 1 unspecified atom stereocenters. The zero-order chi connectivity index (χ0) is 12.7. The number of nitrogens with zero attached hydrogens (tertiary/aromatic N) is 1. The van der Waals surface area contributed by atoms with Crippen LogP contribution in [0.15, 0.2) is 18.2 Å². The Balaban J connectivity index is 1.89. The average molecular weight is 245 g/mol. The molecule has 94 valence electrons. The van der Waals surface area contributed by atoms with Gasteiger partial charge in [-0.25, -0.2) is 0 Å². The van der Waals surface area contributed by atoms with E-state index >= 15 is 0 Å². The highest BCUT2D eigenvalue weighted by molar-refractivity contribution is 6.01. The van der Waals surface area contributed by atoms with Crippen LogP contribution in [0.3, 0.4) is 0 Å². The van der Waals surface area contributed by atoms with E-state index in [-0.39, 0.29) is 17.9 Å². The normalized spacial score (nSPS) is 22.9. The van der Waals surface area contributed by atoms with Gasteiger partial charge < -0.3 is 16.0 Å². The molecule has 0 radical (unpaired) electrons. The molecule has 2 amide bonds. The Morgan fingerprint density at radius 1 is 1.33 bits per heavy atom. The molecule has 0 aliphatic carbocycles. The van der Waals surface area contributed by atoms with Crippen LogP contribution in [-0.4, -0.2) is 29.3 Å². The number of carbonyl (C=O) groups excluding carboxylic acids is 2. The van der Waals surface area contributed by atoms with E-state index in [9.17, 15) is 9.59 Å². The minimum atomic E-state index is -0.333. The van der Waals surface area contributed by atoms with E-state index in [2.05, 4.69) is 5.32 Å². The minimum Gasteiger partial charge on any atom is -0.399 e. The number of nitrogens with one attached hydrogen (secondary N) is 1. The number of amides is 2. The summed E-state index contributed by atoms with van der Waals surface area (Å²) in [5.41, 5.74) is 7.95. The van der Waals surface area contributed by atoms with Crippen molar-refractivity contribution in [2.75, 3.05) is 12.3 Å². The van der Waals surface area contributed by atoms with Crippen LogP contribution in [0.2, 0.25) is 0 Å². The SMILES string of the molecule is Nc1ccc2c(c1)CN(C1CCCNC1=O)C2=O. The molecule has 3 rings (SSSR count). The molecular weight excluding hydrogens is 230 g/mol. The van der Waals surface area contributed by atoms with Gasteiger partial charge in [-0.3, -0.25) is 9.59 Å². The summed E-state index contributed by atoms with van der Waals surface area (Å²) in [6.07, 6.45) is 1.65. The molecule has 3 N–H and O–H groups in total. The van der Waals surface area contributed by atoms with E-state index in [0.717, 1.165) is 18.4 Å². The van der Waals surface area contributed by atoms with Crippen molar-refractivity contribution < 1.29 is 9.59 Å². The number of rotatable bonds is 1. The fourth-order valence-electron chi connectivity index (χ4n) is 2.67. The van der Waals surface area contributed by atoms with Crippen molar-refractivity contribution in [1.82, 2.24) is 10.2 Å². The van der Waals surface area contributed by atoms with Crippen molar-refractivity contribution in [3.8, 4) is 0 Å². The highest BCUT2D eigenvalue weighted by atomic mass is 16.2. The second kappa shape index (κ2) is 4.01. The number of hydrogen-bond donors (Lipinski definition) is 2. The molecule has 5 heteroatoms. The van der Waals surface area contributed by atoms with Gasteiger partial charge in [0.1, 0.15) is 6.04 Å². The van der Waals surface area contributed by atoms with Crippen molar-refractivity contribution in [3.63, 3.8) is 0 Å². The van der Waals surface area contributed by atoms with Gasteiger partial charge in [0, 0.05) is 24.3 Å². The van der Waals surface area contributed by atoms with Gasteiger partial charge in [-0.2, -0.15) is 0 Å². The van der Waals surface area contributed by atoms with E-state index < -0.39 is 0 Å². The van der Waals surface area contributed by atoms with Crippen molar-refractivity contribution in [2.24, 2.45) is 0 Å². The quantitative estimate of drug-likeness (QED) is 0.708. The first-order valence-electron chi connectivity index (χ1n) is 6.14. The van der Waals surface area contributed by atoms with Crippen molar-refractivity contribution in [3.05, 3.63) is 29.3 Å². The molecule has 5 nitrogen and oxygen atoms in total. The molecule has 0 aromatic heterocycles. The summed E-state index contributed by atoms with van der Waals surface area (Å²) >= 11 is 0. The topological polar surface area (TPSA) is 75.4 Å². The van der Waals surface area contributed by atoms with Crippen molar-refractivity contribution in [2.45, 2.75) is 25.4 Å². The Labute approximate surface area is 105 Å². The molecule has 0 bridgehead atoms. The van der Waals surface area contributed by atoms with E-state index in [1.54, 1.807) is 17.0 Å². The molecule has 1 aromatic rings. The zero-order valence-electron chi connectivity index (χ0n) is 9.98. The minimum absolute atomic E-state index is 0.0459. The van der Waals surface area contributed by atoms with Gasteiger partial charge in [0.25, 0.3) is 5.91 Å². The maximum Gasteiger partial charge on any atom is 0.255 e. The smallest absolute Gasteiger partial charge is 0.255 e. The molecule has 2 aliphatic rings. The lowest BCUT2D eigenvalue weighted by molar-refractivity contribution is -0.127. The Bertz CT molecular complexity index is 527. The number of nitrogen functional groups attached to an aromatic ring is 1. The Morgan fingerprint density at radius 2 is 2.17 bits per heavy atom. The molecular formula is C13H15N3O2. The predicted octanol–water partition coefficient (Wildman–Crippen LogP) is 0.503. The first-order chi connectivity index (χ1) is 8.66. The number of nitrogens with two attached hydrogens (primary N) is 1. The van der Waals surface area contributed by atoms with Crippen molar-refractivity contribution >= 4 is 17.5 Å². The van der Waals surface area contributed by atoms with Crippen LogP contribution in [-0.2, 0) is 11.3 Å². The molecule has 0 saturated carbocycles. The van der Waals surface area contributed by atoms with E-state index in [1.165, 1.54) is 0 Å². The molecule has 18 heavy (non-hydrogen) atoms. The molecule has 0 spiro atoms. The summed E-state index contributed by atoms with van der Waals surface area (Å²) in [7, 11) is 0. The lowest BCUT2D eigenvalue weighted by Gasteiger charge is -2.30. The van der Waals surface area contributed by atoms with E-state index in [0.29, 0.717) is 24.3 Å². The Morgan fingerprint density at radius 3 is 2.94 bits per heavy atom. The van der Waals surface area contributed by atoms with Gasteiger partial charge in [-0.1, -0.05) is 0 Å². The molecule has 2 heterocycles. The molecule has 1 fully saturated rings. The van der Waals surface area contributed by atoms with Gasteiger partial charge in [-0.15, -0.1) is 0 Å². The van der Waals surface area contributed by atoms with Crippen molar-refractivity contribution in [1.29, 1.82) is 0 Å². The Hall–Kier alpha value is -2.04. The number of benzene rings is 1. The lowest BCUT2D eigenvalue weighted by atomic mass is 10.1. The monoisotopic (exact) mass is 245 g/mol. The average Bonchev–Trinajstić information content (AvgIpc) is 2.67. The highest BCUT2D eigenvalue weighted by Crippen LogP contribution is 2.28. The summed E-state index contributed by atoms with van der Waals surface area (Å²) in [5.74, 6) is -0.109. The van der Waals surface area contributed by atoms with Crippen LogP contribution < -0.4 is 11.1 Å². The third-order valence-electron chi connectivity index (χ3n) is 3.59. The standard InChI is InChI=1S/C13H15N3O2/c14-9-3-4-10-8(6-9)7-16(13(10)18)11-2-1-5-15-12(11)17/h3-4,6,11H,1-2,5,7,14H2,(H,15,17). The van der Waals surface area contributed by atoms with Crippen LogP contribution in [0.4, 0.5) is 5.69 Å². The van der Waals surface area contributed by atoms with Crippen LogP contribution >= 0.6 is 0 Å². The van der Waals surface area contributed by atoms with Gasteiger partial charge in [0.2, 0.25) is 5.91 Å². The number of fused-ring (bicyclic) bond motifs is 1. The maximum atomic E-state index is 12.3. The highest BCUT2D eigenvalue weighted by Gasteiger charge is 2.37. The third kappa shape index (κ3) is 1.63. The van der Waals surface area contributed by atoms with Gasteiger partial charge in [-0.05, 0) is 36.6 Å². The fraction of sp³-hybridized carbons (Fsp3) is 0.385. The predicted molar refractivity (Wildman–Crippen MR) is 66.8 cm³/mol. The number of piperidine rings is 1. The van der Waals surface area contributed by atoms with Gasteiger partial charge in [0.05, 0.1) is 0 Å². The Kier molecular flexibility index (Phi) is 2.47. The largest absolute Gasteiger partial charge is 0.399 e. The van der Waals surface area contributed by atoms with Crippen LogP contribution in [0.25, 0.3) is 0 Å². The first-order valence-corrected chi connectivity index (χ1v) is 6.14. The maximum absolute atomic E-state index is 12.3. The number of anilines is 1. The molecule has 1 atom stereocenters. The van der Waals surface area contributed by atoms with E-state index in [4.69, 9.17) is 5.73 Å².